The van der Waals surface area contributed by atoms with Gasteiger partial charge in [-0.3, -0.25) is 9.78 Å². The molecule has 32 heavy (non-hydrogen) atoms. The maximum Gasteiger partial charge on any atom is 0.331 e. The summed E-state index contributed by atoms with van der Waals surface area (Å²) in [5.41, 5.74) is 3.21. The van der Waals surface area contributed by atoms with Crippen LogP contribution in [-0.4, -0.2) is 28.0 Å². The van der Waals surface area contributed by atoms with Crippen LogP contribution in [0.3, 0.4) is 0 Å². The summed E-state index contributed by atoms with van der Waals surface area (Å²) < 4.78 is 20.0. The fourth-order valence-corrected chi connectivity index (χ4v) is 3.08. The molecule has 1 N–H and O–H groups in total. The lowest BCUT2D eigenvalue weighted by Crippen LogP contribution is -2.22. The molecule has 3 rings (SSSR count). The van der Waals surface area contributed by atoms with Gasteiger partial charge in [-0.25, -0.2) is 9.18 Å². The van der Waals surface area contributed by atoms with Gasteiger partial charge in [0.05, 0.1) is 11.3 Å². The van der Waals surface area contributed by atoms with Gasteiger partial charge in [-0.1, -0.05) is 18.2 Å². The number of esters is 1. The normalized spacial score (nSPS) is 10.7. The third kappa shape index (κ3) is 5.46. The topological polar surface area (TPSA) is 97.0 Å². The molecule has 0 atom stereocenters. The highest BCUT2D eigenvalue weighted by molar-refractivity contribution is 5.95. The Morgan fingerprint density at radius 2 is 1.97 bits per heavy atom. The van der Waals surface area contributed by atoms with E-state index in [0.717, 1.165) is 16.8 Å². The third-order valence-corrected chi connectivity index (χ3v) is 4.88. The van der Waals surface area contributed by atoms with E-state index < -0.39 is 18.5 Å². The van der Waals surface area contributed by atoms with Crippen molar-refractivity contribution in [2.75, 3.05) is 11.9 Å². The summed E-state index contributed by atoms with van der Waals surface area (Å²) in [4.78, 5) is 28.4. The van der Waals surface area contributed by atoms with E-state index >= 15 is 0 Å². The van der Waals surface area contributed by atoms with Crippen LogP contribution in [0.2, 0.25) is 0 Å². The average molecular weight is 432 g/mol. The summed E-state index contributed by atoms with van der Waals surface area (Å²) in [7, 11) is 0. The number of carbonyl (C=O) groups excluding carboxylic acids is 2. The number of pyridine rings is 1. The Balaban J connectivity index is 1.70. The van der Waals surface area contributed by atoms with E-state index in [1.165, 1.54) is 24.3 Å². The molecule has 1 aromatic carbocycles. The van der Waals surface area contributed by atoms with Crippen molar-refractivity contribution in [3.05, 3.63) is 88.6 Å². The van der Waals surface area contributed by atoms with Crippen molar-refractivity contribution >= 4 is 23.8 Å². The van der Waals surface area contributed by atoms with Crippen LogP contribution < -0.4 is 5.32 Å². The highest BCUT2D eigenvalue weighted by Crippen LogP contribution is 2.27. The van der Waals surface area contributed by atoms with E-state index in [1.807, 2.05) is 6.92 Å². The zero-order valence-corrected chi connectivity index (χ0v) is 17.6. The van der Waals surface area contributed by atoms with E-state index in [2.05, 4.69) is 16.4 Å². The summed E-state index contributed by atoms with van der Waals surface area (Å²) in [5.74, 6) is -1.32. The summed E-state index contributed by atoms with van der Waals surface area (Å²) in [6, 6.07) is 13.3. The Bertz CT molecular complexity index is 1190. The SMILES string of the molecule is Cc1c(C#N)c(NC(=O)COC(=O)C=Cc2ccccn2)n(Cc2ccc(F)cc2)c1C. The van der Waals surface area contributed by atoms with E-state index in [4.69, 9.17) is 4.74 Å². The molecule has 0 spiro atoms. The predicted octanol–water partition coefficient (Wildman–Crippen LogP) is 3.75. The van der Waals surface area contributed by atoms with Crippen LogP contribution in [-0.2, 0) is 20.9 Å². The van der Waals surface area contributed by atoms with Crippen LogP contribution in [0, 0.1) is 31.0 Å². The summed E-state index contributed by atoms with van der Waals surface area (Å²) >= 11 is 0. The molecule has 0 fully saturated rings. The molecule has 8 heteroatoms. The number of hydrogen-bond acceptors (Lipinski definition) is 5. The zero-order valence-electron chi connectivity index (χ0n) is 17.6. The van der Waals surface area contributed by atoms with E-state index in [0.29, 0.717) is 23.6 Å². The van der Waals surface area contributed by atoms with Crippen molar-refractivity contribution in [2.45, 2.75) is 20.4 Å². The molecule has 0 aliphatic heterocycles. The van der Waals surface area contributed by atoms with Crippen LogP contribution >= 0.6 is 0 Å². The van der Waals surface area contributed by atoms with Gasteiger partial charge in [-0.2, -0.15) is 5.26 Å². The lowest BCUT2D eigenvalue weighted by molar-refractivity contribution is -0.142. The number of anilines is 1. The van der Waals surface area contributed by atoms with Crippen molar-refractivity contribution in [1.82, 2.24) is 9.55 Å². The van der Waals surface area contributed by atoms with Crippen molar-refractivity contribution in [1.29, 1.82) is 5.26 Å². The molecule has 0 aliphatic carbocycles. The monoisotopic (exact) mass is 432 g/mol. The fraction of sp³-hybridized carbons (Fsp3) is 0.167. The van der Waals surface area contributed by atoms with Crippen LogP contribution in [0.4, 0.5) is 10.2 Å². The molecule has 1 amide bonds. The lowest BCUT2D eigenvalue weighted by Gasteiger charge is -2.13. The second kappa shape index (κ2) is 10.2. The maximum absolute atomic E-state index is 13.2. The first-order valence-electron chi connectivity index (χ1n) is 9.79. The first-order valence-corrected chi connectivity index (χ1v) is 9.79. The number of ether oxygens (including phenoxy) is 1. The minimum atomic E-state index is -0.694. The smallest absolute Gasteiger partial charge is 0.331 e. The summed E-state index contributed by atoms with van der Waals surface area (Å²) in [6.07, 6.45) is 4.26. The summed E-state index contributed by atoms with van der Waals surface area (Å²) in [5, 5.41) is 12.3. The first-order chi connectivity index (χ1) is 15.4. The van der Waals surface area contributed by atoms with Gasteiger partial charge in [0.2, 0.25) is 0 Å². The van der Waals surface area contributed by atoms with E-state index in [-0.39, 0.29) is 5.82 Å². The van der Waals surface area contributed by atoms with Crippen molar-refractivity contribution in [3.63, 3.8) is 0 Å². The average Bonchev–Trinajstić information content (AvgIpc) is 3.02. The molecule has 0 saturated heterocycles. The second-order valence-electron chi connectivity index (χ2n) is 7.00. The molecule has 0 radical (unpaired) electrons. The van der Waals surface area contributed by atoms with Gasteiger partial charge in [0.15, 0.2) is 6.61 Å². The molecule has 0 aliphatic rings. The number of rotatable bonds is 7. The number of hydrogen-bond donors (Lipinski definition) is 1. The fourth-order valence-electron chi connectivity index (χ4n) is 3.08. The summed E-state index contributed by atoms with van der Waals surface area (Å²) in [6.45, 7) is 3.43. The van der Waals surface area contributed by atoms with Gasteiger partial charge >= 0.3 is 5.97 Å². The minimum absolute atomic E-state index is 0.303. The van der Waals surface area contributed by atoms with Crippen molar-refractivity contribution in [3.8, 4) is 6.07 Å². The highest BCUT2D eigenvalue weighted by Gasteiger charge is 2.20. The van der Waals surface area contributed by atoms with Gasteiger partial charge < -0.3 is 14.6 Å². The Hall–Kier alpha value is -4.25. The number of aromatic nitrogens is 2. The maximum atomic E-state index is 13.2. The van der Waals surface area contributed by atoms with Crippen LogP contribution in [0.15, 0.2) is 54.7 Å². The molecule has 7 nitrogen and oxygen atoms in total. The number of amides is 1. The molecule has 0 unspecified atom stereocenters. The number of nitriles is 1. The van der Waals surface area contributed by atoms with Gasteiger partial charge in [0, 0.05) is 24.5 Å². The largest absolute Gasteiger partial charge is 0.452 e. The predicted molar refractivity (Wildman–Crippen MR) is 117 cm³/mol. The van der Waals surface area contributed by atoms with Gasteiger partial charge in [0.1, 0.15) is 17.7 Å². The standard InChI is InChI=1S/C24H21FN4O3/c1-16-17(2)29(14-18-6-8-19(25)9-7-18)24(21(16)13-26)28-22(30)15-32-23(31)11-10-20-5-3-4-12-27-20/h3-12H,14-15H2,1-2H3,(H,28,30). The number of nitrogens with one attached hydrogen (secondary N) is 1. The van der Waals surface area contributed by atoms with E-state index in [9.17, 15) is 19.2 Å². The molecule has 162 valence electrons. The Labute approximate surface area is 184 Å². The molecule has 0 saturated carbocycles. The second-order valence-corrected chi connectivity index (χ2v) is 7.00. The van der Waals surface area contributed by atoms with Gasteiger partial charge in [-0.05, 0) is 55.3 Å². The highest BCUT2D eigenvalue weighted by atomic mass is 19.1. The van der Waals surface area contributed by atoms with Crippen molar-refractivity contribution < 1.29 is 18.7 Å². The van der Waals surface area contributed by atoms with Gasteiger partial charge in [-0.15, -0.1) is 0 Å². The molecular weight excluding hydrogens is 411 g/mol. The quantitative estimate of drug-likeness (QED) is 0.453. The lowest BCUT2D eigenvalue weighted by atomic mass is 10.2. The Kier molecular flexibility index (Phi) is 7.13. The van der Waals surface area contributed by atoms with Crippen LogP contribution in [0.5, 0.6) is 0 Å². The van der Waals surface area contributed by atoms with Crippen molar-refractivity contribution in [2.24, 2.45) is 0 Å². The molecule has 3 aromatic rings. The Morgan fingerprint density at radius 3 is 2.62 bits per heavy atom. The van der Waals surface area contributed by atoms with E-state index in [1.54, 1.807) is 48.0 Å². The zero-order chi connectivity index (χ0) is 23.1. The molecule has 0 bridgehead atoms. The van der Waals surface area contributed by atoms with Crippen LogP contribution in [0.25, 0.3) is 6.08 Å². The van der Waals surface area contributed by atoms with Gasteiger partial charge in [0.25, 0.3) is 5.91 Å². The number of nitrogens with zero attached hydrogens (tertiary/aromatic N) is 3. The first kappa shape index (κ1) is 22.4. The third-order valence-electron chi connectivity index (χ3n) is 4.88. The Morgan fingerprint density at radius 1 is 1.22 bits per heavy atom. The number of halogens is 1. The molecule has 2 heterocycles. The molecule has 2 aromatic heterocycles. The number of carbonyl (C=O) groups is 2. The minimum Gasteiger partial charge on any atom is -0.452 e. The number of benzene rings is 1. The van der Waals surface area contributed by atoms with Crippen LogP contribution in [0.1, 0.15) is 28.1 Å². The molecular formula is C24H21FN4O3.